The summed E-state index contributed by atoms with van der Waals surface area (Å²) in [5.74, 6) is -1.37. The van der Waals surface area contributed by atoms with Crippen molar-refractivity contribution in [2.45, 2.75) is 64.6 Å². The number of fused-ring (bicyclic) bond motifs is 1. The Morgan fingerprint density at radius 2 is 1.84 bits per heavy atom. The van der Waals surface area contributed by atoms with E-state index in [-0.39, 0.29) is 42.5 Å². The fourth-order valence-electron chi connectivity index (χ4n) is 7.07. The molecule has 2 fully saturated rings. The highest BCUT2D eigenvalue weighted by molar-refractivity contribution is 6.30. The maximum Gasteiger partial charge on any atom is 0.255 e. The number of imide groups is 1. The van der Waals surface area contributed by atoms with Crippen molar-refractivity contribution >= 4 is 40.8 Å². The van der Waals surface area contributed by atoms with Gasteiger partial charge in [0, 0.05) is 55.3 Å². The maximum absolute atomic E-state index is 14.5. The molecule has 44 heavy (non-hydrogen) atoms. The third-order valence-electron chi connectivity index (χ3n) is 9.57. The Morgan fingerprint density at radius 3 is 2.57 bits per heavy atom. The first-order chi connectivity index (χ1) is 21.0. The highest BCUT2D eigenvalue weighted by Gasteiger charge is 2.40. The third-order valence-corrected chi connectivity index (χ3v) is 9.82. The Hall–Kier alpha value is -3.56. The largest absolute Gasteiger partial charge is 0.330 e. The van der Waals surface area contributed by atoms with Crippen LogP contribution in [0.2, 0.25) is 5.02 Å². The summed E-state index contributed by atoms with van der Waals surface area (Å²) in [4.78, 5) is 56.0. The summed E-state index contributed by atoms with van der Waals surface area (Å²) in [6, 6.07) is 11.6. The quantitative estimate of drug-likeness (QED) is 0.466. The molecule has 2 unspecified atom stereocenters. The lowest BCUT2D eigenvalue weighted by Crippen LogP contribution is -2.56. The number of nitrogens with zero attached hydrogens (tertiary/aromatic N) is 3. The standard InChI is InChI=1S/C34H38ClFN4O4/c1-34(2)12-11-23(28(16-34)21-3-6-25(35)7-4-21)18-38-13-14-39(26(17-36)20-38)32(43)22-5-8-27-24(15-22)19-40(33(27)44)29-9-10-30(41)37-31(29)42/h3-8,15,26,29H,9-14,16-20H2,1-2H3,(H,37,41,42). The number of halogens is 2. The van der Waals surface area contributed by atoms with E-state index in [2.05, 4.69) is 36.2 Å². The second-order valence-electron chi connectivity index (χ2n) is 13.2. The number of hydrogen-bond donors (Lipinski definition) is 1. The number of alkyl halides is 1. The van der Waals surface area contributed by atoms with Gasteiger partial charge in [-0.05, 0) is 78.1 Å². The molecule has 4 amide bonds. The minimum Gasteiger partial charge on any atom is -0.330 e. The van der Waals surface area contributed by atoms with Gasteiger partial charge in [-0.1, -0.05) is 43.2 Å². The van der Waals surface area contributed by atoms with Crippen LogP contribution in [-0.4, -0.2) is 83.3 Å². The summed E-state index contributed by atoms with van der Waals surface area (Å²) < 4.78 is 14.5. The monoisotopic (exact) mass is 620 g/mol. The van der Waals surface area contributed by atoms with Gasteiger partial charge in [0.15, 0.2) is 0 Å². The molecule has 0 aromatic heterocycles. The Kier molecular flexibility index (Phi) is 8.37. The predicted octanol–water partition coefficient (Wildman–Crippen LogP) is 4.86. The van der Waals surface area contributed by atoms with Gasteiger partial charge < -0.3 is 9.80 Å². The van der Waals surface area contributed by atoms with Crippen LogP contribution >= 0.6 is 11.6 Å². The van der Waals surface area contributed by atoms with E-state index in [0.29, 0.717) is 41.3 Å². The van der Waals surface area contributed by atoms with Crippen LogP contribution in [0.3, 0.4) is 0 Å². The summed E-state index contributed by atoms with van der Waals surface area (Å²) in [5.41, 5.74) is 5.58. The summed E-state index contributed by atoms with van der Waals surface area (Å²) in [6.07, 6.45) is 3.49. The summed E-state index contributed by atoms with van der Waals surface area (Å²) >= 11 is 6.16. The van der Waals surface area contributed by atoms with Gasteiger partial charge in [-0.3, -0.25) is 29.4 Å². The average molecular weight is 621 g/mol. The zero-order valence-corrected chi connectivity index (χ0v) is 26.0. The minimum atomic E-state index is -0.721. The van der Waals surface area contributed by atoms with E-state index in [0.717, 1.165) is 25.8 Å². The molecule has 4 aliphatic rings. The molecule has 2 aromatic carbocycles. The lowest BCUT2D eigenvalue weighted by Gasteiger charge is -2.42. The molecule has 6 rings (SSSR count). The molecule has 8 nitrogen and oxygen atoms in total. The average Bonchev–Trinajstić information content (AvgIpc) is 3.33. The smallest absolute Gasteiger partial charge is 0.255 e. The minimum absolute atomic E-state index is 0.175. The Labute approximate surface area is 262 Å². The molecule has 232 valence electrons. The molecular formula is C34H38ClFN4O4. The summed E-state index contributed by atoms with van der Waals surface area (Å²) in [7, 11) is 0. The molecule has 1 N–H and O–H groups in total. The van der Waals surface area contributed by atoms with Crippen LogP contribution in [0.5, 0.6) is 0 Å². The van der Waals surface area contributed by atoms with E-state index in [9.17, 15) is 23.6 Å². The Balaban J connectivity index is 1.15. The van der Waals surface area contributed by atoms with Gasteiger partial charge in [-0.15, -0.1) is 0 Å². The number of benzene rings is 2. The van der Waals surface area contributed by atoms with Gasteiger partial charge in [0.1, 0.15) is 12.7 Å². The zero-order chi connectivity index (χ0) is 31.2. The van der Waals surface area contributed by atoms with Gasteiger partial charge >= 0.3 is 0 Å². The molecule has 1 aliphatic carbocycles. The second kappa shape index (κ2) is 12.1. The fourth-order valence-corrected chi connectivity index (χ4v) is 7.20. The molecular weight excluding hydrogens is 583 g/mol. The van der Waals surface area contributed by atoms with Gasteiger partial charge in [0.25, 0.3) is 11.8 Å². The van der Waals surface area contributed by atoms with Crippen LogP contribution < -0.4 is 5.32 Å². The van der Waals surface area contributed by atoms with Crippen molar-refractivity contribution < 1.29 is 23.6 Å². The molecule has 0 bridgehead atoms. The van der Waals surface area contributed by atoms with Crippen molar-refractivity contribution in [1.82, 2.24) is 20.0 Å². The fraction of sp³-hybridized carbons (Fsp3) is 0.471. The van der Waals surface area contributed by atoms with Crippen molar-refractivity contribution in [2.75, 3.05) is 32.9 Å². The van der Waals surface area contributed by atoms with Gasteiger partial charge in [0.2, 0.25) is 11.8 Å². The number of carbonyl (C=O) groups is 4. The molecule has 3 heterocycles. The van der Waals surface area contributed by atoms with E-state index in [1.807, 2.05) is 12.1 Å². The molecule has 0 spiro atoms. The number of amides is 4. The number of piperazine rings is 1. The first kappa shape index (κ1) is 30.5. The molecule has 2 aromatic rings. The normalized spacial score (nSPS) is 24.0. The predicted molar refractivity (Wildman–Crippen MR) is 166 cm³/mol. The summed E-state index contributed by atoms with van der Waals surface area (Å²) in [5, 5.41) is 3.01. The SMILES string of the molecule is CC1(C)CCC(CN2CCN(C(=O)c3ccc4c(c3)CN(C3CCC(=O)NC3=O)C4=O)C(CF)C2)=C(c2ccc(Cl)cc2)C1. The zero-order valence-electron chi connectivity index (χ0n) is 25.2. The highest BCUT2D eigenvalue weighted by atomic mass is 35.5. The molecule has 3 aliphatic heterocycles. The molecule has 10 heteroatoms. The van der Waals surface area contributed by atoms with Gasteiger partial charge in [-0.2, -0.15) is 0 Å². The van der Waals surface area contributed by atoms with Crippen LogP contribution in [0.15, 0.2) is 48.0 Å². The number of rotatable bonds is 6. The van der Waals surface area contributed by atoms with Crippen molar-refractivity contribution in [3.63, 3.8) is 0 Å². The van der Waals surface area contributed by atoms with E-state index >= 15 is 0 Å². The molecule has 2 saturated heterocycles. The van der Waals surface area contributed by atoms with Crippen LogP contribution in [0.1, 0.15) is 77.8 Å². The lowest BCUT2D eigenvalue weighted by molar-refractivity contribution is -0.136. The van der Waals surface area contributed by atoms with Crippen LogP contribution in [-0.2, 0) is 16.1 Å². The Bertz CT molecular complexity index is 1540. The first-order valence-corrected chi connectivity index (χ1v) is 15.7. The van der Waals surface area contributed by atoms with Gasteiger partial charge in [0.05, 0.1) is 6.04 Å². The van der Waals surface area contributed by atoms with Crippen molar-refractivity contribution in [1.29, 1.82) is 0 Å². The van der Waals surface area contributed by atoms with E-state index in [1.54, 1.807) is 23.1 Å². The van der Waals surface area contributed by atoms with E-state index < -0.39 is 24.7 Å². The molecule has 0 saturated carbocycles. The van der Waals surface area contributed by atoms with Crippen molar-refractivity contribution in [2.24, 2.45) is 5.41 Å². The van der Waals surface area contributed by atoms with Crippen LogP contribution in [0.25, 0.3) is 5.57 Å². The number of allylic oxidation sites excluding steroid dienone is 1. The van der Waals surface area contributed by atoms with Crippen molar-refractivity contribution in [3.8, 4) is 0 Å². The number of hydrogen-bond acceptors (Lipinski definition) is 5. The first-order valence-electron chi connectivity index (χ1n) is 15.4. The lowest BCUT2D eigenvalue weighted by atomic mass is 9.72. The number of carbonyl (C=O) groups excluding carboxylic acids is 4. The summed E-state index contributed by atoms with van der Waals surface area (Å²) in [6.45, 7) is 6.35. The Morgan fingerprint density at radius 1 is 1.07 bits per heavy atom. The van der Waals surface area contributed by atoms with Crippen LogP contribution in [0, 0.1) is 5.41 Å². The molecule has 0 radical (unpaired) electrons. The molecule has 2 atom stereocenters. The second-order valence-corrected chi connectivity index (χ2v) is 13.7. The van der Waals surface area contributed by atoms with Crippen molar-refractivity contribution in [3.05, 3.63) is 75.3 Å². The highest BCUT2D eigenvalue weighted by Crippen LogP contribution is 2.43. The van der Waals surface area contributed by atoms with E-state index in [1.165, 1.54) is 21.6 Å². The topological polar surface area (TPSA) is 90.0 Å². The maximum atomic E-state index is 14.5. The third kappa shape index (κ3) is 6.04. The van der Waals surface area contributed by atoms with E-state index in [4.69, 9.17) is 11.6 Å². The number of nitrogens with one attached hydrogen (secondary N) is 1. The van der Waals surface area contributed by atoms with Crippen LogP contribution in [0.4, 0.5) is 4.39 Å². The van der Waals surface area contributed by atoms with Gasteiger partial charge in [-0.25, -0.2) is 4.39 Å². The number of piperidine rings is 1.